The Labute approximate surface area is 109 Å². The van der Waals surface area contributed by atoms with E-state index in [-0.39, 0.29) is 0 Å². The van der Waals surface area contributed by atoms with Crippen LogP contribution < -0.4 is 5.32 Å². The molecule has 4 nitrogen and oxygen atoms in total. The van der Waals surface area contributed by atoms with Crippen LogP contribution in [0.15, 0.2) is 5.38 Å². The summed E-state index contributed by atoms with van der Waals surface area (Å²) in [5, 5.41) is 13.6. The number of carboxylic acids is 1. The van der Waals surface area contributed by atoms with Gasteiger partial charge in [-0.3, -0.25) is 4.79 Å². The summed E-state index contributed by atoms with van der Waals surface area (Å²) in [5.74, 6) is -1.45. The molecule has 0 radical (unpaired) electrons. The summed E-state index contributed by atoms with van der Waals surface area (Å²) in [7, 11) is 0. The van der Waals surface area contributed by atoms with E-state index in [0.29, 0.717) is 22.7 Å². The van der Waals surface area contributed by atoms with Crippen LogP contribution in [0, 0.1) is 6.92 Å². The molecule has 0 aliphatic heterocycles. The van der Waals surface area contributed by atoms with Gasteiger partial charge in [-0.1, -0.05) is 24.9 Å². The molecular weight excluding hydrogens is 262 g/mol. The first-order valence-corrected chi connectivity index (χ1v) is 6.50. The van der Waals surface area contributed by atoms with Gasteiger partial charge >= 0.3 is 5.97 Å². The SMILES string of the molecule is CCCC(NC(=O)c1scc(C)c1Cl)C(=O)O. The third-order valence-electron chi connectivity index (χ3n) is 2.29. The number of halogens is 1. The molecule has 6 heteroatoms. The van der Waals surface area contributed by atoms with Gasteiger partial charge in [0.2, 0.25) is 0 Å². The van der Waals surface area contributed by atoms with Crippen LogP contribution in [0.3, 0.4) is 0 Å². The van der Waals surface area contributed by atoms with Crippen LogP contribution in [-0.2, 0) is 4.79 Å². The van der Waals surface area contributed by atoms with Crippen LogP contribution in [0.1, 0.15) is 35.0 Å². The Hall–Kier alpha value is -1.07. The maximum absolute atomic E-state index is 11.8. The molecule has 1 rings (SSSR count). The maximum Gasteiger partial charge on any atom is 0.326 e. The van der Waals surface area contributed by atoms with Crippen molar-refractivity contribution in [2.75, 3.05) is 0 Å². The van der Waals surface area contributed by atoms with Crippen LogP contribution >= 0.6 is 22.9 Å². The Morgan fingerprint density at radius 1 is 1.59 bits per heavy atom. The summed E-state index contributed by atoms with van der Waals surface area (Å²) in [6, 6.07) is -0.856. The van der Waals surface area contributed by atoms with E-state index >= 15 is 0 Å². The molecule has 2 N–H and O–H groups in total. The van der Waals surface area contributed by atoms with Crippen molar-refractivity contribution in [2.45, 2.75) is 32.7 Å². The van der Waals surface area contributed by atoms with Crippen molar-refractivity contribution in [1.29, 1.82) is 0 Å². The molecule has 0 fully saturated rings. The molecule has 1 aromatic rings. The van der Waals surface area contributed by atoms with Gasteiger partial charge in [-0.25, -0.2) is 4.79 Å². The van der Waals surface area contributed by atoms with Crippen molar-refractivity contribution in [2.24, 2.45) is 0 Å². The Bertz CT molecular complexity index is 430. The topological polar surface area (TPSA) is 66.4 Å². The first-order chi connectivity index (χ1) is 7.97. The second kappa shape index (κ2) is 6.02. The van der Waals surface area contributed by atoms with Gasteiger partial charge in [0, 0.05) is 0 Å². The molecule has 1 amide bonds. The van der Waals surface area contributed by atoms with E-state index in [4.69, 9.17) is 16.7 Å². The van der Waals surface area contributed by atoms with Crippen molar-refractivity contribution < 1.29 is 14.7 Å². The number of rotatable bonds is 5. The number of hydrogen-bond acceptors (Lipinski definition) is 3. The zero-order valence-electron chi connectivity index (χ0n) is 9.62. The monoisotopic (exact) mass is 275 g/mol. The third-order valence-corrected chi connectivity index (χ3v) is 3.98. The number of carbonyl (C=O) groups excluding carboxylic acids is 1. The zero-order valence-corrected chi connectivity index (χ0v) is 11.2. The predicted octanol–water partition coefficient (Wildman–Crippen LogP) is 2.69. The lowest BCUT2D eigenvalue weighted by Gasteiger charge is -2.12. The van der Waals surface area contributed by atoms with Crippen molar-refractivity contribution in [1.82, 2.24) is 5.32 Å². The normalized spacial score (nSPS) is 12.2. The quantitative estimate of drug-likeness (QED) is 0.868. The highest BCUT2D eigenvalue weighted by molar-refractivity contribution is 7.13. The summed E-state index contributed by atoms with van der Waals surface area (Å²) in [6.45, 7) is 3.67. The van der Waals surface area contributed by atoms with Gasteiger partial charge in [0.25, 0.3) is 5.91 Å². The van der Waals surface area contributed by atoms with Crippen molar-refractivity contribution >= 4 is 34.8 Å². The Kier molecular flexibility index (Phi) is 4.96. The van der Waals surface area contributed by atoms with Gasteiger partial charge in [-0.05, 0) is 24.3 Å². The molecule has 0 saturated carbocycles. The minimum Gasteiger partial charge on any atom is -0.480 e. The van der Waals surface area contributed by atoms with Gasteiger partial charge < -0.3 is 10.4 Å². The fourth-order valence-corrected chi connectivity index (χ4v) is 2.53. The van der Waals surface area contributed by atoms with Gasteiger partial charge in [-0.2, -0.15) is 0 Å². The lowest BCUT2D eigenvalue weighted by molar-refractivity contribution is -0.139. The van der Waals surface area contributed by atoms with Crippen LogP contribution in [0.4, 0.5) is 0 Å². The summed E-state index contributed by atoms with van der Waals surface area (Å²) >= 11 is 7.17. The molecule has 0 aromatic carbocycles. The Morgan fingerprint density at radius 2 is 2.24 bits per heavy atom. The number of hydrogen-bond donors (Lipinski definition) is 2. The molecule has 94 valence electrons. The van der Waals surface area contributed by atoms with E-state index in [0.717, 1.165) is 5.56 Å². The Morgan fingerprint density at radius 3 is 2.65 bits per heavy atom. The van der Waals surface area contributed by atoms with E-state index in [2.05, 4.69) is 5.32 Å². The molecule has 17 heavy (non-hydrogen) atoms. The molecular formula is C11H14ClNO3S. The second-order valence-electron chi connectivity index (χ2n) is 3.71. The molecule has 0 bridgehead atoms. The predicted molar refractivity (Wildman–Crippen MR) is 67.9 cm³/mol. The highest BCUT2D eigenvalue weighted by Gasteiger charge is 2.22. The number of carbonyl (C=O) groups is 2. The number of nitrogens with one attached hydrogen (secondary N) is 1. The van der Waals surface area contributed by atoms with Crippen molar-refractivity contribution in [3.63, 3.8) is 0 Å². The summed E-state index contributed by atoms with van der Waals surface area (Å²) in [6.07, 6.45) is 1.09. The second-order valence-corrected chi connectivity index (χ2v) is 4.97. The van der Waals surface area contributed by atoms with Crippen LogP contribution in [-0.4, -0.2) is 23.0 Å². The van der Waals surface area contributed by atoms with Gasteiger partial charge in [0.05, 0.1) is 5.02 Å². The van der Waals surface area contributed by atoms with Crippen LogP contribution in [0.2, 0.25) is 5.02 Å². The third kappa shape index (κ3) is 3.44. The van der Waals surface area contributed by atoms with E-state index in [1.807, 2.05) is 6.92 Å². The van der Waals surface area contributed by atoms with E-state index in [1.165, 1.54) is 11.3 Å². The zero-order chi connectivity index (χ0) is 13.0. The minimum absolute atomic E-state index is 0.367. The van der Waals surface area contributed by atoms with Crippen LogP contribution in [0.5, 0.6) is 0 Å². The van der Waals surface area contributed by atoms with E-state index in [9.17, 15) is 9.59 Å². The van der Waals surface area contributed by atoms with Crippen molar-refractivity contribution in [3.8, 4) is 0 Å². The number of amides is 1. The van der Waals surface area contributed by atoms with Crippen LogP contribution in [0.25, 0.3) is 0 Å². The molecule has 1 heterocycles. The highest BCUT2D eigenvalue weighted by atomic mass is 35.5. The van der Waals surface area contributed by atoms with Gasteiger partial charge in [0.1, 0.15) is 10.9 Å². The first-order valence-electron chi connectivity index (χ1n) is 5.24. The number of thiophene rings is 1. The van der Waals surface area contributed by atoms with E-state index in [1.54, 1.807) is 12.3 Å². The average Bonchev–Trinajstić information content (AvgIpc) is 2.59. The molecule has 0 aliphatic carbocycles. The average molecular weight is 276 g/mol. The molecule has 1 atom stereocenters. The molecule has 0 aliphatic rings. The summed E-state index contributed by atoms with van der Waals surface area (Å²) in [4.78, 5) is 23.1. The number of carboxylic acid groups (broad SMARTS) is 1. The van der Waals surface area contributed by atoms with Gasteiger partial charge in [-0.15, -0.1) is 11.3 Å². The minimum atomic E-state index is -1.02. The molecule has 1 aromatic heterocycles. The van der Waals surface area contributed by atoms with Crippen molar-refractivity contribution in [3.05, 3.63) is 20.8 Å². The number of aliphatic carboxylic acids is 1. The highest BCUT2D eigenvalue weighted by Crippen LogP contribution is 2.27. The standard InChI is InChI=1S/C11H14ClNO3S/c1-3-4-7(11(15)16)13-10(14)9-8(12)6(2)5-17-9/h5,7H,3-4H2,1-2H3,(H,13,14)(H,15,16). The maximum atomic E-state index is 11.8. The fraction of sp³-hybridized carbons (Fsp3) is 0.455. The molecule has 0 saturated heterocycles. The smallest absolute Gasteiger partial charge is 0.326 e. The molecule has 1 unspecified atom stereocenters. The summed E-state index contributed by atoms with van der Waals surface area (Å²) < 4.78 is 0. The van der Waals surface area contributed by atoms with E-state index < -0.39 is 17.9 Å². The lowest BCUT2D eigenvalue weighted by atomic mass is 10.1. The Balaban J connectivity index is 2.77. The largest absolute Gasteiger partial charge is 0.480 e. The first kappa shape index (κ1) is 14.0. The lowest BCUT2D eigenvalue weighted by Crippen LogP contribution is -2.40. The number of aryl methyl sites for hydroxylation is 1. The molecule has 0 spiro atoms. The fourth-order valence-electron chi connectivity index (χ4n) is 1.35. The summed E-state index contributed by atoms with van der Waals surface area (Å²) in [5.41, 5.74) is 0.823. The van der Waals surface area contributed by atoms with Gasteiger partial charge in [0.15, 0.2) is 0 Å².